The minimum Gasteiger partial charge on any atom is -0.318 e. The van der Waals surface area contributed by atoms with E-state index in [1.165, 1.54) is 16.8 Å². The Morgan fingerprint density at radius 3 is 2.67 bits per heavy atom. The Balaban J connectivity index is 1.78. The van der Waals surface area contributed by atoms with Gasteiger partial charge in [0.25, 0.3) is 5.91 Å². The minimum absolute atomic E-state index is 0.267. The van der Waals surface area contributed by atoms with Gasteiger partial charge in [-0.05, 0) is 30.3 Å². The first-order valence-corrected chi connectivity index (χ1v) is 6.23. The summed E-state index contributed by atoms with van der Waals surface area (Å²) in [7, 11) is 1.76. The van der Waals surface area contributed by atoms with Crippen molar-refractivity contribution in [3.8, 4) is 5.69 Å². The molecule has 0 saturated heterocycles. The number of hydrogen-bond acceptors (Lipinski definition) is 3. The number of amides is 1. The fraction of sp³-hybridized carbons (Fsp3) is 0.0714. The van der Waals surface area contributed by atoms with Crippen LogP contribution in [-0.2, 0) is 7.05 Å². The number of rotatable bonds is 3. The predicted octanol–water partition coefficient (Wildman–Crippen LogP) is 2.00. The summed E-state index contributed by atoms with van der Waals surface area (Å²) >= 11 is 0. The molecule has 0 spiro atoms. The van der Waals surface area contributed by atoms with Gasteiger partial charge >= 0.3 is 0 Å². The molecule has 1 amide bonds. The second-order valence-corrected chi connectivity index (χ2v) is 4.48. The number of benzene rings is 1. The van der Waals surface area contributed by atoms with E-state index in [9.17, 15) is 9.18 Å². The van der Waals surface area contributed by atoms with E-state index in [0.717, 1.165) is 0 Å². The Hall–Kier alpha value is -2.96. The minimum atomic E-state index is -0.330. The molecule has 0 aliphatic heterocycles. The van der Waals surface area contributed by atoms with Crippen LogP contribution in [-0.4, -0.2) is 25.5 Å². The van der Waals surface area contributed by atoms with Crippen molar-refractivity contribution >= 4 is 11.6 Å². The van der Waals surface area contributed by atoms with Gasteiger partial charge in [0, 0.05) is 19.4 Å². The second kappa shape index (κ2) is 5.20. The van der Waals surface area contributed by atoms with Gasteiger partial charge in [0.05, 0.1) is 17.6 Å². The molecule has 1 aromatic carbocycles. The molecule has 3 aromatic rings. The summed E-state index contributed by atoms with van der Waals surface area (Å²) in [6.45, 7) is 0. The molecule has 2 aromatic heterocycles. The Morgan fingerprint density at radius 2 is 2.00 bits per heavy atom. The number of anilines is 1. The summed E-state index contributed by atoms with van der Waals surface area (Å²) in [5.74, 6) is -0.649. The van der Waals surface area contributed by atoms with Crippen LogP contribution >= 0.6 is 0 Å². The third-order valence-corrected chi connectivity index (χ3v) is 2.88. The Labute approximate surface area is 119 Å². The molecule has 0 fully saturated rings. The van der Waals surface area contributed by atoms with E-state index in [-0.39, 0.29) is 17.4 Å². The van der Waals surface area contributed by atoms with Crippen LogP contribution in [0.25, 0.3) is 5.69 Å². The molecule has 0 atom stereocenters. The van der Waals surface area contributed by atoms with Gasteiger partial charge in [-0.2, -0.15) is 10.2 Å². The zero-order valence-electron chi connectivity index (χ0n) is 11.2. The van der Waals surface area contributed by atoms with Crippen LogP contribution in [0.2, 0.25) is 0 Å². The number of hydrogen-bond donors (Lipinski definition) is 1. The predicted molar refractivity (Wildman–Crippen MR) is 74.7 cm³/mol. The SMILES string of the molecule is Cn1cc(NC(=O)c2ccn(-c3ccc(F)cc3)n2)cn1. The summed E-state index contributed by atoms with van der Waals surface area (Å²) in [4.78, 5) is 12.0. The van der Waals surface area contributed by atoms with E-state index in [0.29, 0.717) is 11.4 Å². The topological polar surface area (TPSA) is 64.7 Å². The molecule has 106 valence electrons. The largest absolute Gasteiger partial charge is 0.318 e. The van der Waals surface area contributed by atoms with Crippen LogP contribution in [0.3, 0.4) is 0 Å². The number of aryl methyl sites for hydroxylation is 1. The summed E-state index contributed by atoms with van der Waals surface area (Å²) in [6.07, 6.45) is 4.88. The highest BCUT2D eigenvalue weighted by Crippen LogP contribution is 2.10. The van der Waals surface area contributed by atoms with Gasteiger partial charge in [-0.1, -0.05) is 0 Å². The van der Waals surface area contributed by atoms with Crippen LogP contribution < -0.4 is 5.32 Å². The highest BCUT2D eigenvalue weighted by Gasteiger charge is 2.11. The summed E-state index contributed by atoms with van der Waals surface area (Å²) in [6, 6.07) is 7.45. The highest BCUT2D eigenvalue weighted by molar-refractivity contribution is 6.02. The van der Waals surface area contributed by atoms with Crippen LogP contribution in [0.4, 0.5) is 10.1 Å². The maximum absolute atomic E-state index is 12.9. The number of aromatic nitrogens is 4. The van der Waals surface area contributed by atoms with Crippen LogP contribution in [0, 0.1) is 5.82 Å². The Morgan fingerprint density at radius 1 is 1.24 bits per heavy atom. The smallest absolute Gasteiger partial charge is 0.276 e. The summed E-state index contributed by atoms with van der Waals surface area (Å²) in [5, 5.41) is 10.8. The highest BCUT2D eigenvalue weighted by atomic mass is 19.1. The van der Waals surface area contributed by atoms with Crippen molar-refractivity contribution in [1.29, 1.82) is 0 Å². The number of carbonyl (C=O) groups excluding carboxylic acids is 1. The third kappa shape index (κ3) is 2.81. The van der Waals surface area contributed by atoms with E-state index in [1.807, 2.05) is 0 Å². The van der Waals surface area contributed by atoms with Gasteiger partial charge in [-0.15, -0.1) is 0 Å². The molecule has 0 unspecified atom stereocenters. The average Bonchev–Trinajstić information content (AvgIpc) is 3.09. The van der Waals surface area contributed by atoms with Crippen LogP contribution in [0.5, 0.6) is 0 Å². The maximum atomic E-state index is 12.9. The first kappa shape index (κ1) is 13.0. The molecular weight excluding hydrogens is 273 g/mol. The lowest BCUT2D eigenvalue weighted by molar-refractivity contribution is 0.102. The van der Waals surface area contributed by atoms with Gasteiger partial charge in [-0.3, -0.25) is 9.48 Å². The van der Waals surface area contributed by atoms with Crippen molar-refractivity contribution in [3.63, 3.8) is 0 Å². The molecule has 0 radical (unpaired) electrons. The molecule has 0 bridgehead atoms. The van der Waals surface area contributed by atoms with Crippen molar-refractivity contribution in [2.75, 3.05) is 5.32 Å². The van der Waals surface area contributed by atoms with Gasteiger partial charge in [0.15, 0.2) is 5.69 Å². The van der Waals surface area contributed by atoms with Gasteiger partial charge in [0.2, 0.25) is 0 Å². The summed E-state index contributed by atoms with van der Waals surface area (Å²) in [5.41, 5.74) is 1.54. The summed E-state index contributed by atoms with van der Waals surface area (Å²) < 4.78 is 16.0. The van der Waals surface area contributed by atoms with Gasteiger partial charge in [0.1, 0.15) is 5.82 Å². The average molecular weight is 285 g/mol. The number of nitrogens with zero attached hydrogens (tertiary/aromatic N) is 4. The molecule has 2 heterocycles. The standard InChI is InChI=1S/C14H12FN5O/c1-19-9-11(8-16-19)17-14(21)13-6-7-20(18-13)12-4-2-10(15)3-5-12/h2-9H,1H3,(H,17,21). The van der Waals surface area contributed by atoms with Crippen LogP contribution in [0.15, 0.2) is 48.9 Å². The van der Waals surface area contributed by atoms with Crippen molar-refractivity contribution in [3.05, 3.63) is 60.4 Å². The molecular formula is C14H12FN5O. The van der Waals surface area contributed by atoms with E-state index >= 15 is 0 Å². The van der Waals surface area contributed by atoms with E-state index < -0.39 is 0 Å². The molecule has 6 nitrogen and oxygen atoms in total. The van der Waals surface area contributed by atoms with E-state index in [2.05, 4.69) is 15.5 Å². The van der Waals surface area contributed by atoms with Gasteiger partial charge < -0.3 is 5.32 Å². The fourth-order valence-corrected chi connectivity index (χ4v) is 1.86. The zero-order chi connectivity index (χ0) is 14.8. The number of carbonyl (C=O) groups is 1. The zero-order valence-corrected chi connectivity index (χ0v) is 11.2. The van der Waals surface area contributed by atoms with Gasteiger partial charge in [-0.25, -0.2) is 9.07 Å². The molecule has 1 N–H and O–H groups in total. The second-order valence-electron chi connectivity index (χ2n) is 4.48. The fourth-order valence-electron chi connectivity index (χ4n) is 1.86. The van der Waals surface area contributed by atoms with Crippen molar-refractivity contribution < 1.29 is 9.18 Å². The normalized spacial score (nSPS) is 10.6. The lowest BCUT2D eigenvalue weighted by atomic mass is 10.3. The number of halogens is 1. The maximum Gasteiger partial charge on any atom is 0.276 e. The van der Waals surface area contributed by atoms with E-state index in [1.54, 1.807) is 48.5 Å². The first-order chi connectivity index (χ1) is 10.1. The number of nitrogens with one attached hydrogen (secondary N) is 1. The Kier molecular flexibility index (Phi) is 3.23. The van der Waals surface area contributed by atoms with Crippen molar-refractivity contribution in [1.82, 2.24) is 19.6 Å². The molecule has 7 heteroatoms. The molecule has 21 heavy (non-hydrogen) atoms. The van der Waals surface area contributed by atoms with Crippen LogP contribution in [0.1, 0.15) is 10.5 Å². The van der Waals surface area contributed by atoms with Crippen molar-refractivity contribution in [2.24, 2.45) is 7.05 Å². The molecule has 0 aliphatic rings. The monoisotopic (exact) mass is 285 g/mol. The molecule has 3 rings (SSSR count). The molecule has 0 aliphatic carbocycles. The molecule has 0 saturated carbocycles. The van der Waals surface area contributed by atoms with Crippen molar-refractivity contribution in [2.45, 2.75) is 0 Å². The third-order valence-electron chi connectivity index (χ3n) is 2.88. The van der Waals surface area contributed by atoms with E-state index in [4.69, 9.17) is 0 Å². The first-order valence-electron chi connectivity index (χ1n) is 6.23. The lowest BCUT2D eigenvalue weighted by Gasteiger charge is -2.01. The lowest BCUT2D eigenvalue weighted by Crippen LogP contribution is -2.12. The Bertz CT molecular complexity index is 775. The quantitative estimate of drug-likeness (QED) is 0.800.